The van der Waals surface area contributed by atoms with Gasteiger partial charge in [-0.2, -0.15) is 0 Å². The summed E-state index contributed by atoms with van der Waals surface area (Å²) in [5.41, 5.74) is 1.02. The number of rotatable bonds is 1. The molecule has 0 aromatic carbocycles. The Hall–Kier alpha value is 0.522. The summed E-state index contributed by atoms with van der Waals surface area (Å²) in [5, 5.41) is 0. The molecule has 0 saturated carbocycles. The minimum atomic E-state index is 0. The third-order valence-corrected chi connectivity index (χ3v) is 0.938. The van der Waals surface area contributed by atoms with Gasteiger partial charge in [0.2, 0.25) is 0 Å². The van der Waals surface area contributed by atoms with Gasteiger partial charge in [0.1, 0.15) is 0 Å². The van der Waals surface area contributed by atoms with Crippen molar-refractivity contribution in [2.45, 2.75) is 13.3 Å². The van der Waals surface area contributed by atoms with Gasteiger partial charge >= 0.3 is 0 Å². The van der Waals surface area contributed by atoms with Gasteiger partial charge in [0.15, 0.2) is 0 Å². The van der Waals surface area contributed by atoms with Crippen LogP contribution in [0.2, 0.25) is 0 Å². The monoisotopic (exact) mass is 334 g/mol. The van der Waals surface area contributed by atoms with Gasteiger partial charge in [0, 0.05) is 44.1 Å². The molecule has 0 atom stereocenters. The van der Waals surface area contributed by atoms with Crippen LogP contribution in [0.3, 0.4) is 0 Å². The van der Waals surface area contributed by atoms with Gasteiger partial charge in [0.25, 0.3) is 0 Å². The van der Waals surface area contributed by atoms with E-state index in [1.165, 1.54) is 0 Å². The van der Waals surface area contributed by atoms with Gasteiger partial charge in [-0.1, -0.05) is 6.92 Å². The molecule has 9 heavy (non-hydrogen) atoms. The first-order valence-corrected chi connectivity index (χ1v) is 2.60. The molecule has 0 bridgehead atoms. The third kappa shape index (κ3) is 3.27. The second-order valence-corrected chi connectivity index (χ2v) is 1.49. The molecule has 0 aliphatic heterocycles. The fraction of sp³-hybridized carbons (Fsp3) is 0.333. The van der Waals surface area contributed by atoms with Crippen molar-refractivity contribution in [2.24, 2.45) is 0 Å². The largest absolute Gasteiger partial charge is 0.456 e. The summed E-state index contributed by atoms with van der Waals surface area (Å²) in [6, 6.07) is 0. The van der Waals surface area contributed by atoms with Crippen molar-refractivity contribution in [2.75, 3.05) is 0 Å². The van der Waals surface area contributed by atoms with E-state index in [2.05, 4.69) is 16.2 Å². The maximum atomic E-state index is 3.98. The Labute approximate surface area is 90.7 Å². The van der Waals surface area contributed by atoms with E-state index in [9.17, 15) is 0 Å². The first-order valence-electron chi connectivity index (χ1n) is 2.60. The van der Waals surface area contributed by atoms with Crippen molar-refractivity contribution >= 4 is 0 Å². The predicted octanol–water partition coefficient (Wildman–Crippen LogP) is 0.839. The van der Waals surface area contributed by atoms with E-state index >= 15 is 0 Å². The molecular weight excluding hydrogens is 327 g/mol. The zero-order valence-corrected chi connectivity index (χ0v) is 10.1. The van der Waals surface area contributed by atoms with E-state index in [1.54, 1.807) is 12.4 Å². The zero-order valence-electron chi connectivity index (χ0n) is 5.33. The zero-order chi connectivity index (χ0) is 5.82. The Morgan fingerprint density at radius 2 is 2.44 bits per heavy atom. The number of hydrogen-bond donors (Lipinski definition) is 0. The van der Waals surface area contributed by atoms with Gasteiger partial charge in [0.05, 0.1) is 0 Å². The van der Waals surface area contributed by atoms with Crippen LogP contribution < -0.4 is 0 Å². The van der Waals surface area contributed by atoms with E-state index in [0.29, 0.717) is 0 Å². The van der Waals surface area contributed by atoms with Crippen molar-refractivity contribution in [3.8, 4) is 0 Å². The molecule has 0 N–H and O–H groups in total. The molecule has 1 aromatic rings. The number of hydrogen-bond acceptors (Lipinski definition) is 2. The van der Waals surface area contributed by atoms with Gasteiger partial charge in [-0.15, -0.1) is 12.4 Å². The minimum absolute atomic E-state index is 0. The number of aromatic nitrogens is 2. The molecule has 0 amide bonds. The van der Waals surface area contributed by atoms with Crippen LogP contribution in [-0.2, 0) is 6.42 Å². The Morgan fingerprint density at radius 1 is 1.67 bits per heavy atom. The normalized spacial score (nSPS) is 8.11. The topological polar surface area (TPSA) is 25.8 Å². The fourth-order valence-corrected chi connectivity index (χ4v) is 0.473. The van der Waals surface area contributed by atoms with Gasteiger partial charge in [-0.25, -0.2) is 0 Å². The molecule has 1 rings (SSSR count). The molecule has 1 radical (unpaired) electrons. The van der Waals surface area contributed by atoms with Crippen LogP contribution in [0.5, 0.6) is 0 Å². The molecule has 2 nitrogen and oxygen atoms in total. The van der Waals surface area contributed by atoms with Crippen LogP contribution in [0.25, 0.3) is 0 Å². The average molecular weight is 334 g/mol. The predicted molar refractivity (Wildman–Crippen MR) is 30.2 cm³/mol. The van der Waals surface area contributed by atoms with E-state index in [1.807, 2.05) is 6.92 Å². The molecule has 3 heteroatoms. The van der Waals surface area contributed by atoms with Gasteiger partial charge in [-0.05, 0) is 18.3 Å². The first-order chi connectivity index (χ1) is 3.93. The van der Waals surface area contributed by atoms with Gasteiger partial charge < -0.3 is 4.98 Å². The molecule has 0 spiro atoms. The average Bonchev–Trinajstić information content (AvgIpc) is 1.90. The minimum Gasteiger partial charge on any atom is -0.456 e. The van der Waals surface area contributed by atoms with Crippen LogP contribution >= 0.6 is 0 Å². The molecule has 0 saturated heterocycles. The number of aryl methyl sites for hydroxylation is 1. The Balaban J connectivity index is 0.000000640. The first kappa shape index (κ1) is 9.52. The Kier molecular flexibility index (Phi) is 5.63. The van der Waals surface area contributed by atoms with E-state index in [-0.39, 0.29) is 44.1 Å². The van der Waals surface area contributed by atoms with Crippen LogP contribution in [0.15, 0.2) is 12.4 Å². The maximum absolute atomic E-state index is 3.98. The quantitative estimate of drug-likeness (QED) is 0.712. The summed E-state index contributed by atoms with van der Waals surface area (Å²) < 4.78 is 0. The van der Waals surface area contributed by atoms with E-state index < -0.39 is 0 Å². The SMILES string of the molecule is CCc1cn[c-]cn1.[Ac]. The summed E-state index contributed by atoms with van der Waals surface area (Å²) in [7, 11) is 0. The van der Waals surface area contributed by atoms with Gasteiger partial charge in [-0.3, -0.25) is 4.98 Å². The molecule has 1 aromatic heterocycles. The van der Waals surface area contributed by atoms with Crippen molar-refractivity contribution in [3.63, 3.8) is 0 Å². The van der Waals surface area contributed by atoms with E-state index in [4.69, 9.17) is 0 Å². The van der Waals surface area contributed by atoms with Crippen LogP contribution in [-0.4, -0.2) is 9.97 Å². The molecule has 1 heterocycles. The molecule has 0 unspecified atom stereocenters. The summed E-state index contributed by atoms with van der Waals surface area (Å²) in [6.45, 7) is 2.05. The van der Waals surface area contributed by atoms with Crippen molar-refractivity contribution in [1.82, 2.24) is 9.97 Å². The standard InChI is InChI=1S/C6H7N2.Ac/c1-2-6-5-7-3-4-8-6;/h4-5H,2H2,1H3;/q-1;. The molecular formula is C6H7AcN2-. The van der Waals surface area contributed by atoms with Crippen LogP contribution in [0.1, 0.15) is 12.6 Å². The smallest absolute Gasteiger partial charge is 0 e. The second kappa shape index (κ2) is 5.32. The van der Waals surface area contributed by atoms with E-state index in [0.717, 1.165) is 12.1 Å². The summed E-state index contributed by atoms with van der Waals surface area (Å²) in [6.07, 6.45) is 6.86. The van der Waals surface area contributed by atoms with Crippen LogP contribution in [0, 0.1) is 50.3 Å². The Morgan fingerprint density at radius 3 is 2.78 bits per heavy atom. The second-order valence-electron chi connectivity index (χ2n) is 1.49. The van der Waals surface area contributed by atoms with Crippen molar-refractivity contribution in [3.05, 3.63) is 24.3 Å². The van der Waals surface area contributed by atoms with Crippen molar-refractivity contribution < 1.29 is 44.1 Å². The van der Waals surface area contributed by atoms with Crippen LogP contribution in [0.4, 0.5) is 0 Å². The fourth-order valence-electron chi connectivity index (χ4n) is 0.473. The van der Waals surface area contributed by atoms with Crippen molar-refractivity contribution in [1.29, 1.82) is 0 Å². The molecule has 45 valence electrons. The maximum Gasteiger partial charge on any atom is 0 e. The summed E-state index contributed by atoms with van der Waals surface area (Å²) in [5.74, 6) is 0. The molecule has 0 aliphatic carbocycles. The number of nitrogens with zero attached hydrogens (tertiary/aromatic N) is 2. The Bertz CT molecular complexity index is 152. The summed E-state index contributed by atoms with van der Waals surface area (Å²) in [4.78, 5) is 7.75. The molecule has 0 aliphatic rings. The summed E-state index contributed by atoms with van der Waals surface area (Å²) >= 11 is 0. The third-order valence-electron chi connectivity index (χ3n) is 0.938. The molecule has 0 fully saturated rings.